The molecule has 0 unspecified atom stereocenters. The van der Waals surface area contributed by atoms with Crippen LogP contribution in [-0.2, 0) is 15.9 Å². The summed E-state index contributed by atoms with van der Waals surface area (Å²) < 4.78 is 17.7. The number of benzene rings is 1. The normalized spacial score (nSPS) is 22.0. The third-order valence-corrected chi connectivity index (χ3v) is 8.75. The molecular weight excluding hydrogens is 544 g/mol. The Morgan fingerprint density at radius 1 is 0.930 bits per heavy atom. The average Bonchev–Trinajstić information content (AvgIpc) is 3.02. The highest BCUT2D eigenvalue weighted by Gasteiger charge is 2.29. The Bertz CT molecular complexity index is 1390. The Morgan fingerprint density at radius 2 is 1.67 bits per heavy atom. The minimum atomic E-state index is -0.474. The van der Waals surface area contributed by atoms with Gasteiger partial charge in [-0.3, -0.25) is 4.98 Å². The van der Waals surface area contributed by atoms with Gasteiger partial charge in [-0.15, -0.1) is 0 Å². The summed E-state index contributed by atoms with van der Waals surface area (Å²) in [6.45, 7) is 10.3. The van der Waals surface area contributed by atoms with Crippen molar-refractivity contribution < 1.29 is 19.0 Å². The Morgan fingerprint density at radius 3 is 2.42 bits per heavy atom. The first kappa shape index (κ1) is 29.5. The van der Waals surface area contributed by atoms with Gasteiger partial charge in [0.2, 0.25) is 0 Å². The van der Waals surface area contributed by atoms with Gasteiger partial charge >= 0.3 is 6.09 Å². The minimum Gasteiger partial charge on any atom is -0.488 e. The van der Waals surface area contributed by atoms with Crippen LogP contribution in [0.5, 0.6) is 5.75 Å². The number of hydrogen-bond acceptors (Lipinski definition) is 9. The van der Waals surface area contributed by atoms with Gasteiger partial charge in [0.15, 0.2) is 0 Å². The quantitative estimate of drug-likeness (QED) is 0.367. The van der Waals surface area contributed by atoms with Crippen LogP contribution in [0.25, 0.3) is 11.0 Å². The van der Waals surface area contributed by atoms with Crippen molar-refractivity contribution in [3.8, 4) is 5.75 Å². The SMILES string of the molecule is CC(C)(C)OC(=O)N1CCC(c2ccnc(CC3CCC(Oc4cc(N5CCOCC5)cc5nccnc45)CC3)n2)CC1. The molecule has 43 heavy (non-hydrogen) atoms. The number of likely N-dealkylation sites (tertiary alicyclic amines) is 1. The lowest BCUT2D eigenvalue weighted by Gasteiger charge is -2.33. The molecule has 2 aliphatic heterocycles. The Balaban J connectivity index is 1.03. The molecule has 0 radical (unpaired) electrons. The van der Waals surface area contributed by atoms with Crippen molar-refractivity contribution in [2.45, 2.75) is 83.3 Å². The van der Waals surface area contributed by atoms with E-state index in [1.807, 2.05) is 37.9 Å². The van der Waals surface area contributed by atoms with E-state index in [9.17, 15) is 4.79 Å². The Hall–Kier alpha value is -3.53. The largest absolute Gasteiger partial charge is 0.488 e. The second-order valence-corrected chi connectivity index (χ2v) is 13.1. The van der Waals surface area contributed by atoms with Crippen LogP contribution in [0.4, 0.5) is 10.5 Å². The molecule has 0 atom stereocenters. The van der Waals surface area contributed by atoms with Crippen molar-refractivity contribution in [3.05, 3.63) is 48.3 Å². The van der Waals surface area contributed by atoms with Crippen LogP contribution in [0.1, 0.15) is 76.7 Å². The number of anilines is 1. The van der Waals surface area contributed by atoms with E-state index < -0.39 is 5.60 Å². The fraction of sp³-hybridized carbons (Fsp3) is 0.606. The van der Waals surface area contributed by atoms with Gasteiger partial charge in [0.05, 0.1) is 24.8 Å². The molecule has 2 aromatic heterocycles. The lowest BCUT2D eigenvalue weighted by atomic mass is 9.85. The van der Waals surface area contributed by atoms with Gasteiger partial charge in [-0.2, -0.15) is 0 Å². The predicted molar refractivity (Wildman–Crippen MR) is 164 cm³/mol. The van der Waals surface area contributed by atoms with Crippen molar-refractivity contribution in [1.29, 1.82) is 0 Å². The van der Waals surface area contributed by atoms with Crippen LogP contribution < -0.4 is 9.64 Å². The number of carbonyl (C=O) groups is 1. The molecule has 0 N–H and O–H groups in total. The summed E-state index contributed by atoms with van der Waals surface area (Å²) in [5, 5.41) is 0. The predicted octanol–water partition coefficient (Wildman–Crippen LogP) is 5.55. The van der Waals surface area contributed by atoms with Crippen LogP contribution >= 0.6 is 0 Å². The van der Waals surface area contributed by atoms with Crippen molar-refractivity contribution in [2.75, 3.05) is 44.3 Å². The molecule has 230 valence electrons. The zero-order valence-electron chi connectivity index (χ0n) is 25.7. The number of aromatic nitrogens is 4. The molecule has 0 bridgehead atoms. The second-order valence-electron chi connectivity index (χ2n) is 13.1. The molecule has 1 saturated carbocycles. The van der Waals surface area contributed by atoms with Gasteiger partial charge in [0.1, 0.15) is 22.7 Å². The van der Waals surface area contributed by atoms with Gasteiger partial charge < -0.3 is 24.0 Å². The lowest BCUT2D eigenvalue weighted by Crippen LogP contribution is -2.41. The van der Waals surface area contributed by atoms with Gasteiger partial charge in [-0.05, 0) is 77.3 Å². The van der Waals surface area contributed by atoms with Crippen molar-refractivity contribution >= 4 is 22.8 Å². The number of amides is 1. The van der Waals surface area contributed by atoms with Crippen LogP contribution in [0, 0.1) is 5.92 Å². The standard InChI is InChI=1S/C33H44N6O4/c1-33(2,3)43-32(40)39-14-9-24(10-15-39)27-8-11-35-30(37-27)20-23-4-6-26(7-5-23)42-29-22-25(38-16-18-41-19-17-38)21-28-31(29)36-13-12-34-28/h8,11-13,21-24,26H,4-7,9-10,14-20H2,1-3H3. The smallest absolute Gasteiger partial charge is 0.410 e. The molecule has 6 rings (SSSR count). The zero-order chi connectivity index (χ0) is 29.8. The summed E-state index contributed by atoms with van der Waals surface area (Å²) in [6, 6.07) is 6.28. The number of fused-ring (bicyclic) bond motifs is 1. The highest BCUT2D eigenvalue weighted by atomic mass is 16.6. The summed E-state index contributed by atoms with van der Waals surface area (Å²) >= 11 is 0. The molecule has 2 saturated heterocycles. The molecule has 10 nitrogen and oxygen atoms in total. The summed E-state index contributed by atoms with van der Waals surface area (Å²) in [4.78, 5) is 35.4. The van der Waals surface area contributed by atoms with E-state index in [4.69, 9.17) is 19.2 Å². The fourth-order valence-electron chi connectivity index (χ4n) is 6.44. The molecule has 1 aromatic carbocycles. The number of rotatable bonds is 6. The van der Waals surface area contributed by atoms with E-state index in [0.29, 0.717) is 24.9 Å². The summed E-state index contributed by atoms with van der Waals surface area (Å²) in [6.07, 6.45) is 12.1. The topological polar surface area (TPSA) is 103 Å². The Kier molecular flexibility index (Phi) is 8.93. The van der Waals surface area contributed by atoms with Gasteiger partial charge in [-0.1, -0.05) is 0 Å². The van der Waals surface area contributed by atoms with E-state index >= 15 is 0 Å². The molecule has 10 heteroatoms. The number of nitrogens with zero attached hydrogens (tertiary/aromatic N) is 6. The zero-order valence-corrected chi connectivity index (χ0v) is 25.7. The van der Waals surface area contributed by atoms with Gasteiger partial charge in [-0.25, -0.2) is 19.7 Å². The first-order valence-corrected chi connectivity index (χ1v) is 15.8. The number of morpholine rings is 1. The van der Waals surface area contributed by atoms with Crippen molar-refractivity contribution in [2.24, 2.45) is 5.92 Å². The van der Waals surface area contributed by atoms with E-state index in [1.54, 1.807) is 12.4 Å². The first-order valence-electron chi connectivity index (χ1n) is 15.8. The molecule has 1 amide bonds. The highest BCUT2D eigenvalue weighted by Crippen LogP contribution is 2.35. The van der Waals surface area contributed by atoms with Crippen LogP contribution in [0.2, 0.25) is 0 Å². The van der Waals surface area contributed by atoms with Crippen LogP contribution in [0.15, 0.2) is 36.8 Å². The fourth-order valence-corrected chi connectivity index (χ4v) is 6.44. The van der Waals surface area contributed by atoms with E-state index in [0.717, 1.165) is 105 Å². The first-order chi connectivity index (χ1) is 20.8. The number of carbonyl (C=O) groups excluding carboxylic acids is 1. The molecule has 3 fully saturated rings. The molecule has 4 heterocycles. The maximum atomic E-state index is 12.5. The van der Waals surface area contributed by atoms with Crippen LogP contribution in [-0.4, -0.2) is 82.0 Å². The monoisotopic (exact) mass is 588 g/mol. The molecule has 3 aliphatic rings. The molecule has 3 aromatic rings. The Labute approximate surface area is 254 Å². The third kappa shape index (κ3) is 7.52. The summed E-state index contributed by atoms with van der Waals surface area (Å²) in [5.41, 5.74) is 3.43. The minimum absolute atomic E-state index is 0.156. The summed E-state index contributed by atoms with van der Waals surface area (Å²) in [7, 11) is 0. The van der Waals surface area contributed by atoms with E-state index in [2.05, 4.69) is 32.0 Å². The maximum Gasteiger partial charge on any atom is 0.410 e. The molecule has 0 spiro atoms. The highest BCUT2D eigenvalue weighted by molar-refractivity contribution is 5.85. The average molecular weight is 589 g/mol. The number of hydrogen-bond donors (Lipinski definition) is 0. The molecular formula is C33H44N6O4. The third-order valence-electron chi connectivity index (χ3n) is 8.75. The second kappa shape index (κ2) is 13.0. The van der Waals surface area contributed by atoms with Gasteiger partial charge in [0.25, 0.3) is 0 Å². The van der Waals surface area contributed by atoms with E-state index in [-0.39, 0.29) is 12.2 Å². The van der Waals surface area contributed by atoms with Crippen LogP contribution in [0.3, 0.4) is 0 Å². The van der Waals surface area contributed by atoms with Crippen molar-refractivity contribution in [3.63, 3.8) is 0 Å². The molecule has 1 aliphatic carbocycles. The maximum absolute atomic E-state index is 12.5. The number of ether oxygens (including phenoxy) is 3. The van der Waals surface area contributed by atoms with E-state index in [1.165, 1.54) is 0 Å². The number of piperidine rings is 1. The van der Waals surface area contributed by atoms with Gasteiger partial charge in [0, 0.05) is 74.6 Å². The van der Waals surface area contributed by atoms with Crippen molar-refractivity contribution in [1.82, 2.24) is 24.8 Å². The lowest BCUT2D eigenvalue weighted by molar-refractivity contribution is 0.0204. The summed E-state index contributed by atoms with van der Waals surface area (Å²) in [5.74, 6) is 2.64.